The van der Waals surface area contributed by atoms with Crippen molar-refractivity contribution in [2.24, 2.45) is 0 Å². The molecular weight excluding hydrogens is 318 g/mol. The molecule has 0 spiro atoms. The van der Waals surface area contributed by atoms with E-state index in [1.807, 2.05) is 23.8 Å². The standard InChI is InChI=1S/C16H17NO5S/c1-3-21-14-6-4-5-7-15(14)22-13-10-8-12(9-11-13)16(18)17-23(2,19)20/h4-11H,3H2,1-2H3,(H,17,18). The molecule has 0 aromatic heterocycles. The third-order valence-corrected chi connectivity index (χ3v) is 3.33. The number of ether oxygens (including phenoxy) is 2. The molecule has 1 N–H and O–H groups in total. The van der Waals surface area contributed by atoms with Crippen LogP contribution in [0, 0.1) is 0 Å². The van der Waals surface area contributed by atoms with Crippen LogP contribution in [0.25, 0.3) is 0 Å². The lowest BCUT2D eigenvalue weighted by Crippen LogP contribution is -2.29. The van der Waals surface area contributed by atoms with Gasteiger partial charge in [0.15, 0.2) is 11.5 Å². The predicted octanol–water partition coefficient (Wildman–Crippen LogP) is 2.57. The lowest BCUT2D eigenvalue weighted by Gasteiger charge is -2.11. The zero-order valence-electron chi connectivity index (χ0n) is 12.8. The SMILES string of the molecule is CCOc1ccccc1Oc1ccc(C(=O)NS(C)(=O)=O)cc1. The summed E-state index contributed by atoms with van der Waals surface area (Å²) in [4.78, 5) is 11.7. The summed E-state index contributed by atoms with van der Waals surface area (Å²) < 4.78 is 35.2. The average Bonchev–Trinajstić information content (AvgIpc) is 2.48. The molecule has 0 radical (unpaired) electrons. The minimum Gasteiger partial charge on any atom is -0.490 e. The molecular formula is C16H17NO5S. The number of hydrogen-bond donors (Lipinski definition) is 1. The topological polar surface area (TPSA) is 81.7 Å². The maximum absolute atomic E-state index is 11.7. The fraction of sp³-hybridized carbons (Fsp3) is 0.188. The number of rotatable bonds is 6. The zero-order valence-corrected chi connectivity index (χ0v) is 13.6. The third-order valence-electron chi connectivity index (χ3n) is 2.77. The van der Waals surface area contributed by atoms with Crippen molar-refractivity contribution in [3.05, 3.63) is 54.1 Å². The van der Waals surface area contributed by atoms with E-state index >= 15 is 0 Å². The van der Waals surface area contributed by atoms with Crippen LogP contribution in [0.1, 0.15) is 17.3 Å². The zero-order chi connectivity index (χ0) is 16.9. The van der Waals surface area contributed by atoms with Crippen molar-refractivity contribution in [3.63, 3.8) is 0 Å². The van der Waals surface area contributed by atoms with Crippen LogP contribution in [0.4, 0.5) is 0 Å². The van der Waals surface area contributed by atoms with Gasteiger partial charge in [-0.2, -0.15) is 0 Å². The number of carbonyl (C=O) groups is 1. The Morgan fingerprint density at radius 1 is 1.04 bits per heavy atom. The molecule has 0 aliphatic carbocycles. The van der Waals surface area contributed by atoms with Gasteiger partial charge in [0.05, 0.1) is 12.9 Å². The van der Waals surface area contributed by atoms with Crippen molar-refractivity contribution in [1.29, 1.82) is 0 Å². The van der Waals surface area contributed by atoms with E-state index in [0.29, 0.717) is 23.9 Å². The molecule has 2 aromatic carbocycles. The van der Waals surface area contributed by atoms with Gasteiger partial charge < -0.3 is 9.47 Å². The summed E-state index contributed by atoms with van der Waals surface area (Å²) in [6.45, 7) is 2.40. The third kappa shape index (κ3) is 5.00. The fourth-order valence-electron chi connectivity index (χ4n) is 1.84. The molecule has 1 amide bonds. The van der Waals surface area contributed by atoms with Crippen LogP contribution in [0.2, 0.25) is 0 Å². The van der Waals surface area contributed by atoms with Crippen LogP contribution in [-0.2, 0) is 10.0 Å². The second-order valence-electron chi connectivity index (χ2n) is 4.71. The van der Waals surface area contributed by atoms with E-state index in [0.717, 1.165) is 6.26 Å². The second-order valence-corrected chi connectivity index (χ2v) is 6.46. The number of amides is 1. The van der Waals surface area contributed by atoms with E-state index in [4.69, 9.17) is 9.47 Å². The summed E-state index contributed by atoms with van der Waals surface area (Å²) in [6, 6.07) is 13.4. The van der Waals surface area contributed by atoms with Gasteiger partial charge in [-0.3, -0.25) is 4.79 Å². The van der Waals surface area contributed by atoms with E-state index in [1.54, 1.807) is 24.3 Å². The molecule has 0 saturated heterocycles. The first-order valence-corrected chi connectivity index (χ1v) is 8.80. The van der Waals surface area contributed by atoms with E-state index < -0.39 is 15.9 Å². The molecule has 2 aromatic rings. The molecule has 0 heterocycles. The molecule has 0 unspecified atom stereocenters. The quantitative estimate of drug-likeness (QED) is 0.877. The molecule has 0 fully saturated rings. The van der Waals surface area contributed by atoms with E-state index in [9.17, 15) is 13.2 Å². The molecule has 2 rings (SSSR count). The first kappa shape index (κ1) is 16.8. The van der Waals surface area contributed by atoms with E-state index in [1.165, 1.54) is 12.1 Å². The highest BCUT2D eigenvalue weighted by Crippen LogP contribution is 2.31. The van der Waals surface area contributed by atoms with Crippen molar-refractivity contribution in [3.8, 4) is 17.2 Å². The van der Waals surface area contributed by atoms with Gasteiger partial charge in [0.25, 0.3) is 5.91 Å². The Hall–Kier alpha value is -2.54. The fourth-order valence-corrected chi connectivity index (χ4v) is 2.29. The van der Waals surface area contributed by atoms with Crippen molar-refractivity contribution in [1.82, 2.24) is 4.72 Å². The van der Waals surface area contributed by atoms with Crippen molar-refractivity contribution >= 4 is 15.9 Å². The molecule has 0 bridgehead atoms. The van der Waals surface area contributed by atoms with Crippen LogP contribution in [-0.4, -0.2) is 27.2 Å². The molecule has 0 aliphatic rings. The number of benzene rings is 2. The Kier molecular flexibility index (Phi) is 5.23. The van der Waals surface area contributed by atoms with Gasteiger partial charge in [-0.05, 0) is 43.3 Å². The Balaban J connectivity index is 2.13. The van der Waals surface area contributed by atoms with Gasteiger partial charge in [0.1, 0.15) is 5.75 Å². The minimum absolute atomic E-state index is 0.223. The number of sulfonamides is 1. The lowest BCUT2D eigenvalue weighted by molar-refractivity contribution is 0.0981. The van der Waals surface area contributed by atoms with Gasteiger partial charge in [-0.15, -0.1) is 0 Å². The normalized spacial score (nSPS) is 10.9. The van der Waals surface area contributed by atoms with Crippen LogP contribution >= 0.6 is 0 Å². The molecule has 7 heteroatoms. The highest BCUT2D eigenvalue weighted by Gasteiger charge is 2.11. The van der Waals surface area contributed by atoms with Crippen LogP contribution in [0.5, 0.6) is 17.2 Å². The summed E-state index contributed by atoms with van der Waals surface area (Å²) in [5.74, 6) is 0.999. The van der Waals surface area contributed by atoms with Crippen LogP contribution in [0.15, 0.2) is 48.5 Å². The van der Waals surface area contributed by atoms with Crippen molar-refractivity contribution in [2.45, 2.75) is 6.92 Å². The molecule has 0 saturated carbocycles. The molecule has 0 atom stereocenters. The smallest absolute Gasteiger partial charge is 0.264 e. The number of para-hydroxylation sites is 2. The average molecular weight is 335 g/mol. The van der Waals surface area contributed by atoms with Crippen LogP contribution in [0.3, 0.4) is 0 Å². The summed E-state index contributed by atoms with van der Waals surface area (Å²) in [5.41, 5.74) is 0.223. The summed E-state index contributed by atoms with van der Waals surface area (Å²) in [5, 5.41) is 0. The van der Waals surface area contributed by atoms with Gasteiger partial charge in [0.2, 0.25) is 10.0 Å². The number of hydrogen-bond acceptors (Lipinski definition) is 5. The highest BCUT2D eigenvalue weighted by molar-refractivity contribution is 7.89. The van der Waals surface area contributed by atoms with Crippen molar-refractivity contribution in [2.75, 3.05) is 12.9 Å². The first-order chi connectivity index (χ1) is 10.9. The number of carbonyl (C=O) groups excluding carboxylic acids is 1. The monoisotopic (exact) mass is 335 g/mol. The molecule has 23 heavy (non-hydrogen) atoms. The summed E-state index contributed by atoms with van der Waals surface area (Å²) in [7, 11) is -3.59. The largest absolute Gasteiger partial charge is 0.490 e. The maximum Gasteiger partial charge on any atom is 0.264 e. The molecule has 122 valence electrons. The molecule has 6 nitrogen and oxygen atoms in total. The van der Waals surface area contributed by atoms with Gasteiger partial charge in [-0.25, -0.2) is 13.1 Å². The summed E-state index contributed by atoms with van der Waals surface area (Å²) >= 11 is 0. The second kappa shape index (κ2) is 7.15. The Morgan fingerprint density at radius 3 is 2.22 bits per heavy atom. The van der Waals surface area contributed by atoms with E-state index in [2.05, 4.69) is 0 Å². The predicted molar refractivity (Wildman–Crippen MR) is 86.4 cm³/mol. The van der Waals surface area contributed by atoms with Crippen molar-refractivity contribution < 1.29 is 22.7 Å². The highest BCUT2D eigenvalue weighted by atomic mass is 32.2. The van der Waals surface area contributed by atoms with E-state index in [-0.39, 0.29) is 5.56 Å². The Bertz CT molecular complexity index is 784. The lowest BCUT2D eigenvalue weighted by atomic mass is 10.2. The Labute approximate surface area is 135 Å². The van der Waals surface area contributed by atoms with Crippen LogP contribution < -0.4 is 14.2 Å². The first-order valence-electron chi connectivity index (χ1n) is 6.91. The minimum atomic E-state index is -3.59. The molecule has 0 aliphatic heterocycles. The Morgan fingerprint density at radius 2 is 1.65 bits per heavy atom. The number of nitrogens with one attached hydrogen (secondary N) is 1. The maximum atomic E-state index is 11.7. The summed E-state index contributed by atoms with van der Waals surface area (Å²) in [6.07, 6.45) is 0.924. The van der Waals surface area contributed by atoms with Gasteiger partial charge in [0, 0.05) is 5.56 Å². The van der Waals surface area contributed by atoms with Gasteiger partial charge in [-0.1, -0.05) is 12.1 Å². The van der Waals surface area contributed by atoms with Gasteiger partial charge >= 0.3 is 0 Å².